The SMILES string of the molecule is Cc1nccc([C@H]2C[C@H]3CCN(C(=O)c4c(C)noc4C)C[C@@H]3O2)n1. The van der Waals surface area contributed by atoms with E-state index in [-0.39, 0.29) is 18.1 Å². The van der Waals surface area contributed by atoms with Gasteiger partial charge in [-0.2, -0.15) is 0 Å². The third-order valence-electron chi connectivity index (χ3n) is 5.21. The minimum absolute atomic E-state index is 0.00850. The van der Waals surface area contributed by atoms with Crippen LogP contribution in [-0.4, -0.2) is 45.1 Å². The van der Waals surface area contributed by atoms with Gasteiger partial charge >= 0.3 is 0 Å². The average molecular weight is 342 g/mol. The van der Waals surface area contributed by atoms with Crippen LogP contribution in [0.15, 0.2) is 16.8 Å². The Hall–Kier alpha value is -2.28. The van der Waals surface area contributed by atoms with E-state index in [1.807, 2.05) is 17.9 Å². The number of carbonyl (C=O) groups excluding carboxylic acids is 1. The molecule has 0 N–H and O–H groups in total. The third kappa shape index (κ3) is 2.93. The van der Waals surface area contributed by atoms with Gasteiger partial charge in [-0.3, -0.25) is 4.79 Å². The Bertz CT molecular complexity index is 784. The van der Waals surface area contributed by atoms with Crippen molar-refractivity contribution in [2.75, 3.05) is 13.1 Å². The number of hydrogen-bond donors (Lipinski definition) is 0. The van der Waals surface area contributed by atoms with E-state index < -0.39 is 0 Å². The summed E-state index contributed by atoms with van der Waals surface area (Å²) in [4.78, 5) is 23.3. The topological polar surface area (TPSA) is 81.4 Å². The van der Waals surface area contributed by atoms with Crippen LogP contribution >= 0.6 is 0 Å². The van der Waals surface area contributed by atoms with Crippen molar-refractivity contribution in [3.8, 4) is 0 Å². The number of amides is 1. The van der Waals surface area contributed by atoms with Crippen molar-refractivity contribution in [2.45, 2.75) is 45.8 Å². The van der Waals surface area contributed by atoms with Gasteiger partial charge in [0.05, 0.1) is 17.5 Å². The molecule has 3 atom stereocenters. The average Bonchev–Trinajstić information content (AvgIpc) is 3.17. The van der Waals surface area contributed by atoms with Crippen LogP contribution in [0.1, 0.15) is 52.3 Å². The zero-order valence-electron chi connectivity index (χ0n) is 14.7. The molecule has 2 saturated heterocycles. The highest BCUT2D eigenvalue weighted by Gasteiger charge is 2.41. The number of aryl methyl sites for hydroxylation is 3. The van der Waals surface area contributed by atoms with E-state index in [0.29, 0.717) is 29.5 Å². The molecule has 0 unspecified atom stereocenters. The summed E-state index contributed by atoms with van der Waals surface area (Å²) < 4.78 is 11.4. The van der Waals surface area contributed by atoms with Gasteiger partial charge in [0.2, 0.25) is 0 Å². The van der Waals surface area contributed by atoms with E-state index in [1.54, 1.807) is 20.0 Å². The first-order valence-corrected chi connectivity index (χ1v) is 8.70. The quantitative estimate of drug-likeness (QED) is 0.833. The molecule has 25 heavy (non-hydrogen) atoms. The third-order valence-corrected chi connectivity index (χ3v) is 5.21. The fraction of sp³-hybridized carbons (Fsp3) is 0.556. The lowest BCUT2D eigenvalue weighted by molar-refractivity contribution is -0.00575. The molecule has 7 heteroatoms. The van der Waals surface area contributed by atoms with E-state index in [0.717, 1.165) is 30.9 Å². The molecule has 2 fully saturated rings. The molecular formula is C18H22N4O3. The van der Waals surface area contributed by atoms with Crippen LogP contribution in [0.25, 0.3) is 0 Å². The number of carbonyl (C=O) groups is 1. The van der Waals surface area contributed by atoms with Gasteiger partial charge in [-0.25, -0.2) is 9.97 Å². The highest BCUT2D eigenvalue weighted by Crippen LogP contribution is 2.40. The summed E-state index contributed by atoms with van der Waals surface area (Å²) in [6, 6.07) is 1.92. The number of ether oxygens (including phenoxy) is 1. The molecule has 2 aliphatic heterocycles. The monoisotopic (exact) mass is 342 g/mol. The predicted molar refractivity (Wildman–Crippen MR) is 89.0 cm³/mol. The summed E-state index contributed by atoms with van der Waals surface area (Å²) >= 11 is 0. The normalized spacial score (nSPS) is 25.9. The Morgan fingerprint density at radius 3 is 2.88 bits per heavy atom. The van der Waals surface area contributed by atoms with Crippen molar-refractivity contribution in [3.63, 3.8) is 0 Å². The lowest BCUT2D eigenvalue weighted by Gasteiger charge is -2.34. The second-order valence-electron chi connectivity index (χ2n) is 6.93. The molecule has 132 valence electrons. The minimum atomic E-state index is -0.0142. The first-order chi connectivity index (χ1) is 12.0. The maximum absolute atomic E-state index is 12.8. The number of likely N-dealkylation sites (tertiary alicyclic amines) is 1. The minimum Gasteiger partial charge on any atom is -0.367 e. The number of fused-ring (bicyclic) bond motifs is 1. The van der Waals surface area contributed by atoms with Gasteiger partial charge in [0.1, 0.15) is 23.3 Å². The zero-order valence-corrected chi connectivity index (χ0v) is 14.7. The summed E-state index contributed by atoms with van der Waals surface area (Å²) in [6.45, 7) is 6.81. The lowest BCUT2D eigenvalue weighted by Crippen LogP contribution is -2.45. The summed E-state index contributed by atoms with van der Waals surface area (Å²) in [6.07, 6.45) is 3.72. The fourth-order valence-corrected chi connectivity index (χ4v) is 3.91. The molecule has 0 radical (unpaired) electrons. The van der Waals surface area contributed by atoms with E-state index in [1.165, 1.54) is 0 Å². The fourth-order valence-electron chi connectivity index (χ4n) is 3.91. The number of nitrogens with zero attached hydrogens (tertiary/aromatic N) is 4. The highest BCUT2D eigenvalue weighted by molar-refractivity contribution is 5.96. The van der Waals surface area contributed by atoms with Crippen LogP contribution < -0.4 is 0 Å². The summed E-state index contributed by atoms with van der Waals surface area (Å²) in [5.74, 6) is 1.78. The van der Waals surface area contributed by atoms with Gasteiger partial charge in [0, 0.05) is 19.3 Å². The highest BCUT2D eigenvalue weighted by atomic mass is 16.5. The van der Waals surface area contributed by atoms with Gasteiger partial charge in [-0.1, -0.05) is 5.16 Å². The first-order valence-electron chi connectivity index (χ1n) is 8.70. The van der Waals surface area contributed by atoms with Gasteiger partial charge < -0.3 is 14.2 Å². The van der Waals surface area contributed by atoms with Crippen LogP contribution in [0.5, 0.6) is 0 Å². The predicted octanol–water partition coefficient (Wildman–Crippen LogP) is 2.38. The van der Waals surface area contributed by atoms with Crippen LogP contribution in [0.4, 0.5) is 0 Å². The van der Waals surface area contributed by atoms with Crippen molar-refractivity contribution in [1.29, 1.82) is 0 Å². The zero-order chi connectivity index (χ0) is 17.6. The van der Waals surface area contributed by atoms with Crippen LogP contribution in [0, 0.1) is 26.7 Å². The van der Waals surface area contributed by atoms with Crippen LogP contribution in [0.3, 0.4) is 0 Å². The maximum Gasteiger partial charge on any atom is 0.259 e. The Kier molecular flexibility index (Phi) is 4.03. The molecule has 0 spiro atoms. The van der Waals surface area contributed by atoms with Crippen molar-refractivity contribution in [3.05, 3.63) is 40.8 Å². The lowest BCUT2D eigenvalue weighted by atomic mass is 9.91. The van der Waals surface area contributed by atoms with Crippen molar-refractivity contribution < 1.29 is 14.1 Å². The van der Waals surface area contributed by atoms with Crippen molar-refractivity contribution in [2.24, 2.45) is 5.92 Å². The van der Waals surface area contributed by atoms with Crippen molar-refractivity contribution in [1.82, 2.24) is 20.0 Å². The summed E-state index contributed by atoms with van der Waals surface area (Å²) in [7, 11) is 0. The van der Waals surface area contributed by atoms with E-state index in [2.05, 4.69) is 15.1 Å². The molecule has 2 aliphatic rings. The largest absolute Gasteiger partial charge is 0.367 e. The van der Waals surface area contributed by atoms with E-state index >= 15 is 0 Å². The molecule has 7 nitrogen and oxygen atoms in total. The second-order valence-corrected chi connectivity index (χ2v) is 6.93. The summed E-state index contributed by atoms with van der Waals surface area (Å²) in [5, 5.41) is 3.89. The maximum atomic E-state index is 12.8. The molecular weight excluding hydrogens is 320 g/mol. The molecule has 0 aromatic carbocycles. The van der Waals surface area contributed by atoms with Crippen molar-refractivity contribution >= 4 is 5.91 Å². The van der Waals surface area contributed by atoms with E-state index in [4.69, 9.17) is 9.26 Å². The Morgan fingerprint density at radius 2 is 2.16 bits per heavy atom. The Balaban J connectivity index is 1.48. The van der Waals surface area contributed by atoms with Crippen LogP contribution in [0.2, 0.25) is 0 Å². The molecule has 4 rings (SSSR count). The van der Waals surface area contributed by atoms with E-state index in [9.17, 15) is 4.79 Å². The number of rotatable bonds is 2. The summed E-state index contributed by atoms with van der Waals surface area (Å²) in [5.41, 5.74) is 2.16. The van der Waals surface area contributed by atoms with Gasteiger partial charge in [0.25, 0.3) is 5.91 Å². The number of piperidine rings is 1. The molecule has 2 aromatic rings. The molecule has 2 aromatic heterocycles. The molecule has 0 bridgehead atoms. The Labute approximate surface area is 146 Å². The molecule has 0 saturated carbocycles. The Morgan fingerprint density at radius 1 is 1.32 bits per heavy atom. The number of aromatic nitrogens is 3. The smallest absolute Gasteiger partial charge is 0.259 e. The molecule has 4 heterocycles. The first kappa shape index (κ1) is 16.2. The number of hydrogen-bond acceptors (Lipinski definition) is 6. The van der Waals surface area contributed by atoms with Crippen LogP contribution in [-0.2, 0) is 4.74 Å². The van der Waals surface area contributed by atoms with Gasteiger partial charge in [0.15, 0.2) is 0 Å². The molecule has 0 aliphatic carbocycles. The van der Waals surface area contributed by atoms with Gasteiger partial charge in [-0.05, 0) is 45.6 Å². The molecule has 1 amide bonds. The van der Waals surface area contributed by atoms with Gasteiger partial charge in [-0.15, -0.1) is 0 Å². The second kappa shape index (κ2) is 6.22. The standard InChI is InChI=1S/C18H22N4O3/c1-10-17(11(2)25-21-10)18(23)22-7-5-13-8-15(24-16(13)9-22)14-4-6-19-12(3)20-14/h4,6,13,15-16H,5,7-9H2,1-3H3/t13-,15-,16+/m1/s1.